The van der Waals surface area contributed by atoms with Crippen LogP contribution in [0.25, 0.3) is 5.69 Å². The van der Waals surface area contributed by atoms with Crippen molar-refractivity contribution in [1.82, 2.24) is 15.1 Å². The molecule has 1 amide bonds. The van der Waals surface area contributed by atoms with Crippen LogP contribution in [0.5, 0.6) is 0 Å². The molecule has 0 radical (unpaired) electrons. The highest BCUT2D eigenvalue weighted by Crippen LogP contribution is 2.18. The number of nitrogens with one attached hydrogen (secondary N) is 1. The molecule has 5 nitrogen and oxygen atoms in total. The van der Waals surface area contributed by atoms with Gasteiger partial charge in [-0.3, -0.25) is 9.59 Å². The van der Waals surface area contributed by atoms with Crippen LogP contribution in [0.3, 0.4) is 0 Å². The maximum Gasteiger partial charge on any atom is 0.292 e. The summed E-state index contributed by atoms with van der Waals surface area (Å²) in [5.41, 5.74) is 3.00. The van der Waals surface area contributed by atoms with Gasteiger partial charge < -0.3 is 5.32 Å². The highest BCUT2D eigenvalue weighted by molar-refractivity contribution is 6.43. The first-order valence-electron chi connectivity index (χ1n) is 8.66. The molecule has 0 fully saturated rings. The molecular weight excluding hydrogens is 345 g/mol. The Labute approximate surface area is 156 Å². The maximum absolute atomic E-state index is 13.2. The van der Waals surface area contributed by atoms with Crippen LogP contribution in [-0.2, 0) is 11.2 Å². The summed E-state index contributed by atoms with van der Waals surface area (Å²) in [5.74, 6) is -1.63. The van der Waals surface area contributed by atoms with Gasteiger partial charge in [0.25, 0.3) is 11.7 Å². The van der Waals surface area contributed by atoms with Crippen molar-refractivity contribution in [2.24, 2.45) is 0 Å². The highest BCUT2D eigenvalue weighted by Gasteiger charge is 2.24. The number of Topliss-reactive ketones (excluding diaryl/α,β-unsaturated/α-hetero) is 1. The molecule has 6 heteroatoms. The van der Waals surface area contributed by atoms with Crippen LogP contribution in [0, 0.1) is 19.7 Å². The van der Waals surface area contributed by atoms with Crippen LogP contribution in [0.15, 0.2) is 54.6 Å². The third-order valence-electron chi connectivity index (χ3n) is 4.31. The summed E-state index contributed by atoms with van der Waals surface area (Å²) < 4.78 is 14.8. The third-order valence-corrected chi connectivity index (χ3v) is 4.31. The lowest BCUT2D eigenvalue weighted by Gasteiger charge is -2.06. The van der Waals surface area contributed by atoms with Crippen molar-refractivity contribution >= 4 is 11.7 Å². The predicted octanol–water partition coefficient (Wildman–Crippen LogP) is 3.17. The molecular formula is C21H20FN3O2. The van der Waals surface area contributed by atoms with Crippen molar-refractivity contribution in [1.29, 1.82) is 0 Å². The van der Waals surface area contributed by atoms with Crippen molar-refractivity contribution in [3.63, 3.8) is 0 Å². The van der Waals surface area contributed by atoms with E-state index in [2.05, 4.69) is 10.4 Å². The summed E-state index contributed by atoms with van der Waals surface area (Å²) in [5, 5.41) is 7.00. The largest absolute Gasteiger partial charge is 0.349 e. The zero-order valence-electron chi connectivity index (χ0n) is 15.2. The third kappa shape index (κ3) is 4.11. The Balaban J connectivity index is 1.70. The molecule has 0 saturated heterocycles. The summed E-state index contributed by atoms with van der Waals surface area (Å²) in [7, 11) is 0. The molecule has 0 unspecified atom stereocenters. The fourth-order valence-electron chi connectivity index (χ4n) is 3.00. The lowest BCUT2D eigenvalue weighted by molar-refractivity contribution is -0.116. The average molecular weight is 365 g/mol. The monoisotopic (exact) mass is 365 g/mol. The molecule has 138 valence electrons. The quantitative estimate of drug-likeness (QED) is 0.539. The normalized spacial score (nSPS) is 10.6. The fraction of sp³-hybridized carbons (Fsp3) is 0.190. The van der Waals surface area contributed by atoms with E-state index in [0.29, 0.717) is 23.4 Å². The number of aromatic nitrogens is 2. The summed E-state index contributed by atoms with van der Waals surface area (Å²) in [6, 6.07) is 15.6. The molecule has 0 aliphatic carbocycles. The SMILES string of the molecule is Cc1nn(-c2ccccc2)c(C)c1C(=O)C(=O)NCCc1cccc(F)c1. The van der Waals surface area contributed by atoms with Crippen molar-refractivity contribution in [3.8, 4) is 5.69 Å². The number of carbonyl (C=O) groups excluding carboxylic acids is 2. The maximum atomic E-state index is 13.2. The average Bonchev–Trinajstić information content (AvgIpc) is 2.96. The van der Waals surface area contributed by atoms with Crippen LogP contribution in [0.1, 0.15) is 27.3 Å². The van der Waals surface area contributed by atoms with Crippen molar-refractivity contribution in [3.05, 3.63) is 82.9 Å². The van der Waals surface area contributed by atoms with E-state index in [0.717, 1.165) is 11.3 Å². The van der Waals surface area contributed by atoms with Crippen LogP contribution in [0.4, 0.5) is 4.39 Å². The van der Waals surface area contributed by atoms with Crippen LogP contribution in [-0.4, -0.2) is 28.0 Å². The fourth-order valence-corrected chi connectivity index (χ4v) is 3.00. The first-order chi connectivity index (χ1) is 13.0. The number of rotatable bonds is 6. The number of amides is 1. The molecule has 3 rings (SSSR count). The molecule has 0 spiro atoms. The zero-order valence-corrected chi connectivity index (χ0v) is 15.2. The van der Waals surface area contributed by atoms with E-state index in [1.165, 1.54) is 12.1 Å². The van der Waals surface area contributed by atoms with Gasteiger partial charge in [0.1, 0.15) is 5.82 Å². The second kappa shape index (κ2) is 7.95. The molecule has 0 aliphatic rings. The minimum Gasteiger partial charge on any atom is -0.349 e. The van der Waals surface area contributed by atoms with Crippen LogP contribution < -0.4 is 5.32 Å². The first-order valence-corrected chi connectivity index (χ1v) is 8.66. The number of hydrogen-bond acceptors (Lipinski definition) is 3. The Morgan fingerprint density at radius 1 is 1.07 bits per heavy atom. The number of para-hydroxylation sites is 1. The number of hydrogen-bond donors (Lipinski definition) is 1. The number of halogens is 1. The van der Waals surface area contributed by atoms with Gasteiger partial charge in [0.2, 0.25) is 0 Å². The molecule has 1 aromatic heterocycles. The zero-order chi connectivity index (χ0) is 19.4. The Morgan fingerprint density at radius 3 is 2.52 bits per heavy atom. The molecule has 27 heavy (non-hydrogen) atoms. The lowest BCUT2D eigenvalue weighted by Crippen LogP contribution is -2.33. The van der Waals surface area contributed by atoms with Crippen LogP contribution in [0.2, 0.25) is 0 Å². The van der Waals surface area contributed by atoms with Crippen molar-refractivity contribution in [2.45, 2.75) is 20.3 Å². The molecule has 3 aromatic rings. The van der Waals surface area contributed by atoms with E-state index in [1.54, 1.807) is 30.7 Å². The van der Waals surface area contributed by atoms with Crippen molar-refractivity contribution in [2.75, 3.05) is 6.54 Å². The second-order valence-corrected chi connectivity index (χ2v) is 6.26. The summed E-state index contributed by atoms with van der Waals surface area (Å²) in [6.07, 6.45) is 0.442. The summed E-state index contributed by atoms with van der Waals surface area (Å²) >= 11 is 0. The number of ketones is 1. The number of nitrogens with zero attached hydrogens (tertiary/aromatic N) is 2. The van der Waals surface area contributed by atoms with Gasteiger partial charge in [0.15, 0.2) is 0 Å². The second-order valence-electron chi connectivity index (χ2n) is 6.26. The molecule has 0 aliphatic heterocycles. The van der Waals surface area contributed by atoms with Gasteiger partial charge in [-0.2, -0.15) is 5.10 Å². The lowest BCUT2D eigenvalue weighted by atomic mass is 10.1. The number of benzene rings is 2. The Hall–Kier alpha value is -3.28. The van der Waals surface area contributed by atoms with Gasteiger partial charge in [-0.15, -0.1) is 0 Å². The topological polar surface area (TPSA) is 64.0 Å². The molecule has 1 N–H and O–H groups in total. The summed E-state index contributed by atoms with van der Waals surface area (Å²) in [6.45, 7) is 3.72. The van der Waals surface area contributed by atoms with Gasteiger partial charge in [-0.25, -0.2) is 9.07 Å². The summed E-state index contributed by atoms with van der Waals surface area (Å²) in [4.78, 5) is 24.9. The van der Waals surface area contributed by atoms with Gasteiger partial charge in [0, 0.05) is 6.54 Å². The van der Waals surface area contributed by atoms with Crippen LogP contribution >= 0.6 is 0 Å². The van der Waals surface area contributed by atoms with E-state index in [-0.39, 0.29) is 12.4 Å². The number of carbonyl (C=O) groups is 2. The Morgan fingerprint density at radius 2 is 1.81 bits per heavy atom. The smallest absolute Gasteiger partial charge is 0.292 e. The molecule has 2 aromatic carbocycles. The van der Waals surface area contributed by atoms with E-state index >= 15 is 0 Å². The van der Waals surface area contributed by atoms with E-state index in [9.17, 15) is 14.0 Å². The highest BCUT2D eigenvalue weighted by atomic mass is 19.1. The predicted molar refractivity (Wildman–Crippen MR) is 100 cm³/mol. The van der Waals surface area contributed by atoms with Gasteiger partial charge in [-0.1, -0.05) is 30.3 Å². The minimum absolute atomic E-state index is 0.249. The molecule has 0 saturated carbocycles. The standard InChI is InChI=1S/C21H20FN3O2/c1-14-19(15(2)25(24-14)18-9-4-3-5-10-18)20(26)21(27)23-12-11-16-7-6-8-17(22)13-16/h3-10,13H,11-12H2,1-2H3,(H,23,27). The Kier molecular flexibility index (Phi) is 5.45. The van der Waals surface area contributed by atoms with E-state index in [1.807, 2.05) is 30.3 Å². The minimum atomic E-state index is -0.690. The first kappa shape index (κ1) is 18.5. The van der Waals surface area contributed by atoms with Gasteiger partial charge >= 0.3 is 0 Å². The van der Waals surface area contributed by atoms with Crippen molar-refractivity contribution < 1.29 is 14.0 Å². The van der Waals surface area contributed by atoms with E-state index in [4.69, 9.17) is 0 Å². The molecule has 0 bridgehead atoms. The van der Waals surface area contributed by atoms with E-state index < -0.39 is 11.7 Å². The molecule has 0 atom stereocenters. The molecule has 1 heterocycles. The Bertz CT molecular complexity index is 980. The van der Waals surface area contributed by atoms with Gasteiger partial charge in [-0.05, 0) is 50.1 Å². The van der Waals surface area contributed by atoms with Gasteiger partial charge in [0.05, 0.1) is 22.6 Å². The number of aryl methyl sites for hydroxylation is 1.